The van der Waals surface area contributed by atoms with E-state index in [0.29, 0.717) is 6.42 Å². The Morgan fingerprint density at radius 2 is 0.981 bits per heavy atom. The van der Waals surface area contributed by atoms with Crippen LogP contribution in [0.3, 0.4) is 0 Å². The molecule has 0 saturated carbocycles. The van der Waals surface area contributed by atoms with Gasteiger partial charge < -0.3 is 4.74 Å². The van der Waals surface area contributed by atoms with Crippen molar-refractivity contribution in [3.63, 3.8) is 0 Å². The quantitative estimate of drug-likeness (QED) is 0.0987. The molecule has 0 atom stereocenters. The van der Waals surface area contributed by atoms with Gasteiger partial charge in [0.15, 0.2) is 12.4 Å². The first-order valence-corrected chi connectivity index (χ1v) is 14.4. The van der Waals surface area contributed by atoms with Crippen molar-refractivity contribution in [1.82, 2.24) is 9.97 Å². The van der Waals surface area contributed by atoms with Gasteiger partial charge in [-0.05, 0) is 42.7 Å². The SMILES string of the molecule is CCCCCCCCc1cnc(-c2ccc(OCC(F)(F)OC(F)(F)C(F)(F)OC(F)(F)C(F)(F)C(F)(F)C(F)(F)C(F)(F)C(F)(F)F)cc2)nc1. The fourth-order valence-electron chi connectivity index (χ4n) is 3.93. The van der Waals surface area contributed by atoms with Crippen molar-refractivity contribution in [2.24, 2.45) is 0 Å². The van der Waals surface area contributed by atoms with Gasteiger partial charge >= 0.3 is 54.3 Å². The highest BCUT2D eigenvalue weighted by atomic mass is 19.4. The summed E-state index contributed by atoms with van der Waals surface area (Å²) in [6, 6.07) is 4.05. The van der Waals surface area contributed by atoms with Gasteiger partial charge in [0.05, 0.1) is 0 Å². The summed E-state index contributed by atoms with van der Waals surface area (Å²) in [5.41, 5.74) is 1.05. The molecule has 0 spiro atoms. The highest BCUT2D eigenvalue weighted by molar-refractivity contribution is 5.55. The first kappa shape index (κ1) is 44.8. The lowest BCUT2D eigenvalue weighted by Crippen LogP contribution is -2.71. The maximum atomic E-state index is 14.0. The van der Waals surface area contributed by atoms with Crippen LogP contribution in [0, 0.1) is 0 Å². The number of hydrogen-bond donors (Lipinski definition) is 0. The van der Waals surface area contributed by atoms with Crippen molar-refractivity contribution < 1.29 is 97.6 Å². The topological polar surface area (TPSA) is 53.5 Å². The molecule has 1 heterocycles. The molecule has 0 bridgehead atoms. The predicted molar refractivity (Wildman–Crippen MR) is 138 cm³/mol. The van der Waals surface area contributed by atoms with E-state index in [2.05, 4.69) is 26.4 Å². The van der Waals surface area contributed by atoms with Gasteiger partial charge in [0.1, 0.15) is 5.75 Å². The maximum absolute atomic E-state index is 14.0. The lowest BCUT2D eigenvalue weighted by molar-refractivity contribution is -0.544. The molecule has 2 rings (SSSR count). The zero-order chi connectivity index (χ0) is 40.2. The zero-order valence-electron chi connectivity index (χ0n) is 25.9. The molecule has 1 aromatic heterocycles. The molecule has 0 amide bonds. The van der Waals surface area contributed by atoms with Gasteiger partial charge in [-0.3, -0.25) is 0 Å². The molecule has 0 N–H and O–H groups in total. The average Bonchev–Trinajstić information content (AvgIpc) is 3.00. The van der Waals surface area contributed by atoms with Gasteiger partial charge in [-0.25, -0.2) is 19.4 Å². The summed E-state index contributed by atoms with van der Waals surface area (Å²) >= 11 is 0. The molecule has 5 nitrogen and oxygen atoms in total. The molecule has 0 aliphatic heterocycles. The summed E-state index contributed by atoms with van der Waals surface area (Å²) in [6.07, 6.45) is -26.8. The van der Waals surface area contributed by atoms with Crippen LogP contribution in [0.4, 0.5) is 83.4 Å². The molecule has 0 saturated heterocycles. The van der Waals surface area contributed by atoms with Crippen molar-refractivity contribution in [1.29, 1.82) is 0 Å². The van der Waals surface area contributed by atoms with Gasteiger partial charge in [0, 0.05) is 18.0 Å². The number of aryl methyl sites for hydroxylation is 1. The minimum Gasteiger partial charge on any atom is -0.484 e. The number of rotatable bonds is 20. The second-order valence-corrected chi connectivity index (χ2v) is 10.9. The van der Waals surface area contributed by atoms with Gasteiger partial charge in [0.25, 0.3) is 0 Å². The lowest BCUT2D eigenvalue weighted by atomic mass is 9.97. The third kappa shape index (κ3) is 9.61. The number of unbranched alkanes of at least 4 members (excludes halogenated alkanes) is 5. The van der Waals surface area contributed by atoms with Crippen LogP contribution < -0.4 is 4.74 Å². The van der Waals surface area contributed by atoms with E-state index in [1.54, 1.807) is 0 Å². The fraction of sp³-hybridized carbons (Fsp3) is 0.643. The summed E-state index contributed by atoms with van der Waals surface area (Å²) in [5, 5.41) is 0. The highest BCUT2D eigenvalue weighted by Crippen LogP contribution is 2.61. The smallest absolute Gasteiger partial charge is 0.460 e. The van der Waals surface area contributed by atoms with Crippen molar-refractivity contribution in [3.05, 3.63) is 42.2 Å². The van der Waals surface area contributed by atoms with E-state index in [9.17, 15) is 83.4 Å². The average molecular weight is 798 g/mol. The van der Waals surface area contributed by atoms with Crippen LogP contribution >= 0.6 is 0 Å². The van der Waals surface area contributed by atoms with Gasteiger partial charge in [-0.2, -0.15) is 83.4 Å². The lowest BCUT2D eigenvalue weighted by Gasteiger charge is -2.40. The number of hydrogen-bond acceptors (Lipinski definition) is 5. The Balaban J connectivity index is 2.10. The van der Waals surface area contributed by atoms with E-state index in [4.69, 9.17) is 0 Å². The molecule has 0 aliphatic rings. The number of halogens is 19. The number of alkyl halides is 19. The molecule has 0 aliphatic carbocycles. The summed E-state index contributed by atoms with van der Waals surface area (Å²) in [7, 11) is 0. The van der Waals surface area contributed by atoms with E-state index in [1.807, 2.05) is 0 Å². The predicted octanol–water partition coefficient (Wildman–Crippen LogP) is 10.9. The van der Waals surface area contributed by atoms with Crippen LogP contribution in [0.1, 0.15) is 51.0 Å². The second kappa shape index (κ2) is 15.6. The number of aromatic nitrogens is 2. The highest BCUT2D eigenvalue weighted by Gasteiger charge is 2.92. The molecule has 24 heteroatoms. The molecule has 298 valence electrons. The van der Waals surface area contributed by atoms with Crippen LogP contribution in [-0.2, 0) is 15.9 Å². The molecule has 52 heavy (non-hydrogen) atoms. The monoisotopic (exact) mass is 798 g/mol. The Bertz CT molecular complexity index is 1430. The third-order valence-electron chi connectivity index (χ3n) is 6.82. The van der Waals surface area contributed by atoms with Crippen molar-refractivity contribution in [3.8, 4) is 17.1 Å². The normalized spacial score (nSPS) is 14.5. The standard InChI is InChI=1S/C28H25F19N2O3/c1-2-3-4-5-6-7-8-16-13-48-19(49-14-16)17-9-11-18(12-10-17)50-15-20(29,30)51-27(44,45)28(46,47)52-26(42,43)24(37,38)22(33,34)21(31,32)23(35,36)25(39,40)41/h9-14H,2-8,15H2,1H3. The minimum atomic E-state index is -8.70. The molecule has 1 aromatic carbocycles. The Morgan fingerprint density at radius 1 is 0.519 bits per heavy atom. The molecule has 2 aromatic rings. The summed E-state index contributed by atoms with van der Waals surface area (Å²) in [4.78, 5) is 8.25. The van der Waals surface area contributed by atoms with E-state index in [0.717, 1.165) is 68.4 Å². The van der Waals surface area contributed by atoms with Crippen LogP contribution in [-0.4, -0.2) is 70.9 Å². The zero-order valence-corrected chi connectivity index (χ0v) is 25.9. The van der Waals surface area contributed by atoms with Crippen molar-refractivity contribution >= 4 is 0 Å². The summed E-state index contributed by atoms with van der Waals surface area (Å²) < 4.78 is 261. The Kier molecular flexibility index (Phi) is 13.4. The Hall–Kier alpha value is -3.31. The summed E-state index contributed by atoms with van der Waals surface area (Å²) in [6.45, 7) is -0.417. The van der Waals surface area contributed by atoms with Gasteiger partial charge in [-0.1, -0.05) is 39.0 Å². The molecule has 0 fully saturated rings. The number of ether oxygens (including phenoxy) is 3. The third-order valence-corrected chi connectivity index (χ3v) is 6.82. The van der Waals surface area contributed by atoms with Crippen LogP contribution in [0.5, 0.6) is 5.75 Å². The fourth-order valence-corrected chi connectivity index (χ4v) is 3.93. The van der Waals surface area contributed by atoms with E-state index >= 15 is 0 Å². The van der Waals surface area contributed by atoms with Crippen molar-refractivity contribution in [2.45, 2.75) is 106 Å². The van der Waals surface area contributed by atoms with Crippen LogP contribution in [0.2, 0.25) is 0 Å². The Morgan fingerprint density at radius 3 is 1.48 bits per heavy atom. The largest absolute Gasteiger partial charge is 0.484 e. The number of benzene rings is 1. The second-order valence-electron chi connectivity index (χ2n) is 10.9. The molecular formula is C28H25F19N2O3. The maximum Gasteiger partial charge on any atom is 0.460 e. The van der Waals surface area contributed by atoms with Crippen molar-refractivity contribution in [2.75, 3.05) is 6.61 Å². The van der Waals surface area contributed by atoms with Crippen LogP contribution in [0.25, 0.3) is 11.4 Å². The minimum absolute atomic E-state index is 0.117. The molecular weight excluding hydrogens is 773 g/mol. The molecule has 0 unspecified atom stereocenters. The summed E-state index contributed by atoms with van der Waals surface area (Å²) in [5.74, 6) is -34.7. The van der Waals surface area contributed by atoms with Crippen LogP contribution in [0.15, 0.2) is 36.7 Å². The van der Waals surface area contributed by atoms with E-state index < -0.39 is 66.7 Å². The Labute approximate surface area is 280 Å². The number of nitrogens with zero attached hydrogens (tertiary/aromatic N) is 2. The first-order valence-electron chi connectivity index (χ1n) is 14.4. The van der Waals surface area contributed by atoms with E-state index in [-0.39, 0.29) is 11.4 Å². The molecule has 0 radical (unpaired) electrons. The first-order chi connectivity index (χ1) is 23.4. The van der Waals surface area contributed by atoms with E-state index in [1.165, 1.54) is 17.1 Å². The van der Waals surface area contributed by atoms with Gasteiger partial charge in [-0.15, -0.1) is 0 Å². The van der Waals surface area contributed by atoms with Gasteiger partial charge in [0.2, 0.25) is 0 Å².